The first-order valence-corrected chi connectivity index (χ1v) is 8.92. The predicted octanol–water partition coefficient (Wildman–Crippen LogP) is 2.79. The SMILES string of the molecule is CNCCC1CCN(C(=O)CC2CCOc3ccccc32)CC1. The predicted molar refractivity (Wildman–Crippen MR) is 91.8 cm³/mol. The Labute approximate surface area is 139 Å². The largest absolute Gasteiger partial charge is 0.493 e. The lowest BCUT2D eigenvalue weighted by atomic mass is 9.89. The van der Waals surface area contributed by atoms with Crippen molar-refractivity contribution in [3.8, 4) is 5.75 Å². The highest BCUT2D eigenvalue weighted by Gasteiger charge is 2.27. The molecule has 4 heteroatoms. The first-order valence-electron chi connectivity index (χ1n) is 8.92. The number of nitrogens with zero attached hydrogens (tertiary/aromatic N) is 1. The molecule has 1 atom stereocenters. The maximum atomic E-state index is 12.7. The van der Waals surface area contributed by atoms with Crippen LogP contribution in [0.1, 0.15) is 43.6 Å². The molecule has 1 unspecified atom stereocenters. The third-order valence-electron chi connectivity index (χ3n) is 5.27. The molecule has 1 fully saturated rings. The van der Waals surface area contributed by atoms with Crippen molar-refractivity contribution in [2.75, 3.05) is 33.3 Å². The van der Waals surface area contributed by atoms with Crippen molar-refractivity contribution in [3.05, 3.63) is 29.8 Å². The van der Waals surface area contributed by atoms with Crippen LogP contribution in [0.2, 0.25) is 0 Å². The Morgan fingerprint density at radius 2 is 2.04 bits per heavy atom. The molecule has 4 nitrogen and oxygen atoms in total. The highest BCUT2D eigenvalue weighted by molar-refractivity contribution is 5.77. The molecule has 0 radical (unpaired) electrons. The van der Waals surface area contributed by atoms with E-state index >= 15 is 0 Å². The maximum Gasteiger partial charge on any atom is 0.223 e. The van der Waals surface area contributed by atoms with E-state index in [0.717, 1.165) is 57.2 Å². The Kier molecular flexibility index (Phi) is 5.55. The normalized spacial score (nSPS) is 21.6. The summed E-state index contributed by atoms with van der Waals surface area (Å²) in [6.07, 6.45) is 5.10. The van der Waals surface area contributed by atoms with Gasteiger partial charge in [0.1, 0.15) is 5.75 Å². The fourth-order valence-corrected chi connectivity index (χ4v) is 3.79. The van der Waals surface area contributed by atoms with Crippen LogP contribution in [0.25, 0.3) is 0 Å². The number of para-hydroxylation sites is 1. The minimum absolute atomic E-state index is 0.314. The van der Waals surface area contributed by atoms with Gasteiger partial charge in [-0.3, -0.25) is 4.79 Å². The zero-order chi connectivity index (χ0) is 16.1. The van der Waals surface area contributed by atoms with Crippen molar-refractivity contribution in [2.45, 2.75) is 38.0 Å². The minimum atomic E-state index is 0.314. The van der Waals surface area contributed by atoms with Crippen LogP contribution in [0.15, 0.2) is 24.3 Å². The molecule has 2 aliphatic heterocycles. The van der Waals surface area contributed by atoms with Crippen LogP contribution in [0.4, 0.5) is 0 Å². The third-order valence-corrected chi connectivity index (χ3v) is 5.27. The standard InChI is InChI=1S/C19H28N2O2/c1-20-10-6-15-7-11-21(12-8-15)19(22)14-16-9-13-23-18-5-3-2-4-17(16)18/h2-5,15-16,20H,6-14H2,1H3. The molecule has 0 saturated carbocycles. The van der Waals surface area contributed by atoms with Gasteiger partial charge in [0.05, 0.1) is 6.61 Å². The van der Waals surface area contributed by atoms with Gasteiger partial charge in [0.2, 0.25) is 5.91 Å². The van der Waals surface area contributed by atoms with E-state index < -0.39 is 0 Å². The first-order chi connectivity index (χ1) is 11.3. The van der Waals surface area contributed by atoms with Crippen molar-refractivity contribution in [1.29, 1.82) is 0 Å². The Hall–Kier alpha value is -1.55. The summed E-state index contributed by atoms with van der Waals surface area (Å²) in [5.41, 5.74) is 1.20. The van der Waals surface area contributed by atoms with Gasteiger partial charge in [-0.15, -0.1) is 0 Å². The number of hydrogen-bond acceptors (Lipinski definition) is 3. The van der Waals surface area contributed by atoms with Crippen molar-refractivity contribution in [1.82, 2.24) is 10.2 Å². The summed E-state index contributed by atoms with van der Waals surface area (Å²) < 4.78 is 5.70. The van der Waals surface area contributed by atoms with Crippen molar-refractivity contribution in [2.24, 2.45) is 5.92 Å². The highest BCUT2D eigenvalue weighted by Crippen LogP contribution is 2.36. The van der Waals surface area contributed by atoms with Crippen LogP contribution in [0.3, 0.4) is 0 Å². The maximum absolute atomic E-state index is 12.7. The lowest BCUT2D eigenvalue weighted by Gasteiger charge is -2.34. The van der Waals surface area contributed by atoms with Crippen LogP contribution in [0, 0.1) is 5.92 Å². The molecule has 0 bridgehead atoms. The second-order valence-corrected chi connectivity index (χ2v) is 6.79. The summed E-state index contributed by atoms with van der Waals surface area (Å²) in [6, 6.07) is 8.16. The number of amides is 1. The van der Waals surface area contributed by atoms with Gasteiger partial charge in [0.15, 0.2) is 0 Å². The summed E-state index contributed by atoms with van der Waals surface area (Å²) in [7, 11) is 2.00. The monoisotopic (exact) mass is 316 g/mol. The minimum Gasteiger partial charge on any atom is -0.493 e. The molecule has 0 spiro atoms. The summed E-state index contributed by atoms with van der Waals surface area (Å²) in [6.45, 7) is 3.66. The molecule has 0 aliphatic carbocycles. The first kappa shape index (κ1) is 16.3. The number of likely N-dealkylation sites (tertiary alicyclic amines) is 1. The molecule has 23 heavy (non-hydrogen) atoms. The Morgan fingerprint density at radius 3 is 2.83 bits per heavy atom. The average molecular weight is 316 g/mol. The summed E-state index contributed by atoms with van der Waals surface area (Å²) in [5.74, 6) is 2.37. The van der Waals surface area contributed by atoms with E-state index in [4.69, 9.17) is 4.74 Å². The number of piperidine rings is 1. The molecular weight excluding hydrogens is 288 g/mol. The van der Waals surface area contributed by atoms with Crippen LogP contribution in [-0.4, -0.2) is 44.1 Å². The van der Waals surface area contributed by atoms with Gasteiger partial charge in [-0.1, -0.05) is 18.2 Å². The van der Waals surface area contributed by atoms with E-state index in [2.05, 4.69) is 16.3 Å². The van der Waals surface area contributed by atoms with E-state index in [0.29, 0.717) is 18.2 Å². The highest BCUT2D eigenvalue weighted by atomic mass is 16.5. The van der Waals surface area contributed by atoms with Crippen LogP contribution >= 0.6 is 0 Å². The van der Waals surface area contributed by atoms with Gasteiger partial charge >= 0.3 is 0 Å². The molecule has 2 aliphatic rings. The number of fused-ring (bicyclic) bond motifs is 1. The third kappa shape index (κ3) is 4.05. The van der Waals surface area contributed by atoms with Crippen LogP contribution in [0.5, 0.6) is 5.75 Å². The van der Waals surface area contributed by atoms with Gasteiger partial charge in [0.25, 0.3) is 0 Å². The molecule has 3 rings (SSSR count). The zero-order valence-corrected chi connectivity index (χ0v) is 14.1. The van der Waals surface area contributed by atoms with Crippen LogP contribution in [-0.2, 0) is 4.79 Å². The van der Waals surface area contributed by atoms with Crippen molar-refractivity contribution >= 4 is 5.91 Å². The fourth-order valence-electron chi connectivity index (χ4n) is 3.79. The number of carbonyl (C=O) groups excluding carboxylic acids is 1. The molecular formula is C19H28N2O2. The molecule has 0 aromatic heterocycles. The quantitative estimate of drug-likeness (QED) is 0.908. The average Bonchev–Trinajstić information content (AvgIpc) is 2.60. The Bertz CT molecular complexity index is 524. The van der Waals surface area contributed by atoms with Gasteiger partial charge in [-0.05, 0) is 62.7 Å². The van der Waals surface area contributed by atoms with E-state index in [-0.39, 0.29) is 0 Å². The number of ether oxygens (including phenoxy) is 1. The molecule has 2 heterocycles. The van der Waals surface area contributed by atoms with Gasteiger partial charge in [-0.25, -0.2) is 0 Å². The summed E-state index contributed by atoms with van der Waals surface area (Å²) >= 11 is 0. The summed E-state index contributed by atoms with van der Waals surface area (Å²) in [5, 5.41) is 3.22. The number of nitrogens with one attached hydrogen (secondary N) is 1. The van der Waals surface area contributed by atoms with E-state index in [1.165, 1.54) is 12.0 Å². The second kappa shape index (κ2) is 7.82. The van der Waals surface area contributed by atoms with E-state index in [9.17, 15) is 4.79 Å². The van der Waals surface area contributed by atoms with Gasteiger partial charge in [-0.2, -0.15) is 0 Å². The van der Waals surface area contributed by atoms with Crippen LogP contribution < -0.4 is 10.1 Å². The van der Waals surface area contributed by atoms with Gasteiger partial charge < -0.3 is 15.0 Å². The fraction of sp³-hybridized carbons (Fsp3) is 0.632. The second-order valence-electron chi connectivity index (χ2n) is 6.79. The lowest BCUT2D eigenvalue weighted by molar-refractivity contribution is -0.133. The topological polar surface area (TPSA) is 41.6 Å². The number of carbonyl (C=O) groups is 1. The zero-order valence-electron chi connectivity index (χ0n) is 14.1. The smallest absolute Gasteiger partial charge is 0.223 e. The molecule has 1 aromatic rings. The summed E-state index contributed by atoms with van der Waals surface area (Å²) in [4.78, 5) is 14.7. The molecule has 126 valence electrons. The Morgan fingerprint density at radius 1 is 1.26 bits per heavy atom. The molecule has 1 aromatic carbocycles. The number of hydrogen-bond donors (Lipinski definition) is 1. The lowest BCUT2D eigenvalue weighted by Crippen LogP contribution is -2.39. The van der Waals surface area contributed by atoms with E-state index in [1.807, 2.05) is 25.2 Å². The molecule has 1 N–H and O–H groups in total. The molecule has 1 amide bonds. The molecule has 1 saturated heterocycles. The number of benzene rings is 1. The number of rotatable bonds is 5. The Balaban J connectivity index is 1.53. The van der Waals surface area contributed by atoms with Crippen molar-refractivity contribution in [3.63, 3.8) is 0 Å². The van der Waals surface area contributed by atoms with Crippen molar-refractivity contribution < 1.29 is 9.53 Å². The van der Waals surface area contributed by atoms with Gasteiger partial charge in [0, 0.05) is 19.5 Å². The van der Waals surface area contributed by atoms with E-state index in [1.54, 1.807) is 0 Å².